The number of alkyl halides is 2. The van der Waals surface area contributed by atoms with Crippen LogP contribution >= 0.6 is 0 Å². The van der Waals surface area contributed by atoms with Crippen molar-refractivity contribution in [3.8, 4) is 0 Å². The number of H-pyrrole nitrogens is 1. The van der Waals surface area contributed by atoms with Crippen molar-refractivity contribution in [1.29, 1.82) is 0 Å². The summed E-state index contributed by atoms with van der Waals surface area (Å²) in [4.78, 5) is 2.90. The molecule has 4 aromatic rings. The van der Waals surface area contributed by atoms with Crippen molar-refractivity contribution < 1.29 is 17.2 Å². The molecule has 0 fully saturated rings. The van der Waals surface area contributed by atoms with Gasteiger partial charge in [-0.15, -0.1) is 0 Å². The number of nitrogens with one attached hydrogen (secondary N) is 1. The van der Waals surface area contributed by atoms with Gasteiger partial charge in [-0.25, -0.2) is 13.1 Å². The number of fused-ring (bicyclic) bond motifs is 1. The number of para-hydroxylation sites is 1. The fourth-order valence-electron chi connectivity index (χ4n) is 3.42. The molecule has 0 amide bonds. The minimum atomic E-state index is -4.06. The van der Waals surface area contributed by atoms with Crippen LogP contribution in [0.2, 0.25) is 0 Å². The largest absolute Gasteiger partial charge is 0.361 e. The SMILES string of the molecule is CCn1ccc(CN(CCc2c[nH]c3ccccc23)S(=O)(=O)c2cnn(C(F)F)c2)n1. The molecule has 0 unspecified atom stereocenters. The summed E-state index contributed by atoms with van der Waals surface area (Å²) in [7, 11) is -4.06. The highest BCUT2D eigenvalue weighted by atomic mass is 32.2. The van der Waals surface area contributed by atoms with Crippen LogP contribution in [0.15, 0.2) is 60.0 Å². The summed E-state index contributed by atoms with van der Waals surface area (Å²) in [5, 5.41) is 8.86. The first kappa shape index (κ1) is 21.2. The molecule has 8 nitrogen and oxygen atoms in total. The van der Waals surface area contributed by atoms with Gasteiger partial charge in [0.25, 0.3) is 0 Å². The van der Waals surface area contributed by atoms with Crippen LogP contribution in [0.5, 0.6) is 0 Å². The van der Waals surface area contributed by atoms with Crippen LogP contribution in [-0.2, 0) is 29.5 Å². The van der Waals surface area contributed by atoms with E-state index in [1.807, 2.05) is 37.4 Å². The number of halogens is 2. The standard InChI is InChI=1S/C20H22F2N6O2S/c1-2-26-9-8-16(25-26)13-27(31(29,30)17-12-24-28(14-17)20(21)22)10-7-15-11-23-19-6-4-3-5-18(15)19/h3-6,8-9,11-12,14,20,23H,2,7,10,13H2,1H3. The van der Waals surface area contributed by atoms with Crippen LogP contribution in [0, 0.1) is 0 Å². The minimum absolute atomic E-state index is 0.0253. The van der Waals surface area contributed by atoms with Crippen LogP contribution in [0.1, 0.15) is 24.7 Å². The summed E-state index contributed by atoms with van der Waals surface area (Å²) in [6, 6.07) is 9.51. The van der Waals surface area contributed by atoms with Gasteiger partial charge in [0.05, 0.1) is 24.6 Å². The predicted octanol–water partition coefficient (Wildman–Crippen LogP) is 3.41. The zero-order chi connectivity index (χ0) is 22.0. The molecule has 0 aliphatic rings. The van der Waals surface area contributed by atoms with Gasteiger partial charge < -0.3 is 4.98 Å². The van der Waals surface area contributed by atoms with E-state index < -0.39 is 16.6 Å². The van der Waals surface area contributed by atoms with Gasteiger partial charge in [-0.1, -0.05) is 18.2 Å². The molecule has 31 heavy (non-hydrogen) atoms. The van der Waals surface area contributed by atoms with Gasteiger partial charge in [0.2, 0.25) is 10.0 Å². The topological polar surface area (TPSA) is 88.8 Å². The third kappa shape index (κ3) is 4.37. The van der Waals surface area contributed by atoms with E-state index in [-0.39, 0.29) is 18.0 Å². The third-order valence-corrected chi connectivity index (χ3v) is 6.88. The lowest BCUT2D eigenvalue weighted by Gasteiger charge is -2.20. The number of nitrogens with zero attached hydrogens (tertiary/aromatic N) is 5. The minimum Gasteiger partial charge on any atom is -0.361 e. The maximum absolute atomic E-state index is 13.3. The van der Waals surface area contributed by atoms with E-state index >= 15 is 0 Å². The predicted molar refractivity (Wildman–Crippen MR) is 111 cm³/mol. The average molecular weight is 448 g/mol. The quantitative estimate of drug-likeness (QED) is 0.425. The number of aromatic amines is 1. The second-order valence-corrected chi connectivity index (χ2v) is 8.98. The van der Waals surface area contributed by atoms with E-state index in [0.29, 0.717) is 23.3 Å². The highest BCUT2D eigenvalue weighted by Gasteiger charge is 2.28. The van der Waals surface area contributed by atoms with Crippen LogP contribution in [-0.4, -0.2) is 43.8 Å². The molecular formula is C20H22F2N6O2S. The average Bonchev–Trinajstić information content (AvgIpc) is 3.50. The third-order valence-electron chi connectivity index (χ3n) is 5.08. The fraction of sp³-hybridized carbons (Fsp3) is 0.300. The lowest BCUT2D eigenvalue weighted by molar-refractivity contribution is 0.0563. The molecular weight excluding hydrogens is 426 g/mol. The van der Waals surface area contributed by atoms with Crippen molar-refractivity contribution >= 4 is 20.9 Å². The Kier molecular flexibility index (Phi) is 5.88. The molecule has 3 aromatic heterocycles. The summed E-state index contributed by atoms with van der Waals surface area (Å²) < 4.78 is 55.6. The summed E-state index contributed by atoms with van der Waals surface area (Å²) >= 11 is 0. The molecule has 0 saturated carbocycles. The van der Waals surface area contributed by atoms with Crippen LogP contribution in [0.25, 0.3) is 10.9 Å². The number of hydrogen-bond acceptors (Lipinski definition) is 4. The van der Waals surface area contributed by atoms with Gasteiger partial charge in [0, 0.05) is 36.4 Å². The van der Waals surface area contributed by atoms with Crippen molar-refractivity contribution in [3.05, 3.63) is 66.4 Å². The summed E-state index contributed by atoms with van der Waals surface area (Å²) in [5.41, 5.74) is 2.51. The molecule has 4 rings (SSSR count). The molecule has 0 aliphatic heterocycles. The second-order valence-electron chi connectivity index (χ2n) is 7.04. The molecule has 164 valence electrons. The number of sulfonamides is 1. The van der Waals surface area contributed by atoms with Gasteiger partial charge in [-0.3, -0.25) is 4.68 Å². The maximum Gasteiger partial charge on any atom is 0.333 e. The molecule has 11 heteroatoms. The number of benzene rings is 1. The highest BCUT2D eigenvalue weighted by molar-refractivity contribution is 7.89. The van der Waals surface area contributed by atoms with Crippen LogP contribution < -0.4 is 0 Å². The Morgan fingerprint density at radius 2 is 2.03 bits per heavy atom. The van der Waals surface area contributed by atoms with E-state index in [9.17, 15) is 17.2 Å². The van der Waals surface area contributed by atoms with Crippen molar-refractivity contribution in [2.24, 2.45) is 0 Å². The molecule has 3 heterocycles. The number of aromatic nitrogens is 5. The van der Waals surface area contributed by atoms with E-state index in [1.54, 1.807) is 16.9 Å². The smallest absolute Gasteiger partial charge is 0.333 e. The Labute approximate surface area is 178 Å². The molecule has 0 saturated heterocycles. The van der Waals surface area contributed by atoms with E-state index in [0.717, 1.165) is 28.9 Å². The lowest BCUT2D eigenvalue weighted by atomic mass is 10.1. The van der Waals surface area contributed by atoms with Crippen molar-refractivity contribution in [2.45, 2.75) is 37.9 Å². The van der Waals surface area contributed by atoms with E-state index in [1.165, 1.54) is 4.31 Å². The van der Waals surface area contributed by atoms with Gasteiger partial charge in [-0.05, 0) is 31.0 Å². The van der Waals surface area contributed by atoms with Gasteiger partial charge in [0.15, 0.2) is 0 Å². The van der Waals surface area contributed by atoms with Gasteiger partial charge in [0.1, 0.15) is 4.90 Å². The number of rotatable bonds is 9. The van der Waals surface area contributed by atoms with Crippen LogP contribution in [0.4, 0.5) is 8.78 Å². The zero-order valence-electron chi connectivity index (χ0n) is 16.8. The van der Waals surface area contributed by atoms with Crippen molar-refractivity contribution in [1.82, 2.24) is 28.9 Å². The fourth-order valence-corrected chi connectivity index (χ4v) is 4.78. The van der Waals surface area contributed by atoms with Crippen molar-refractivity contribution in [3.63, 3.8) is 0 Å². The summed E-state index contributed by atoms with van der Waals surface area (Å²) in [6.07, 6.45) is 5.87. The number of aryl methyl sites for hydroxylation is 1. The Bertz CT molecular complexity index is 1280. The molecule has 0 atom stereocenters. The van der Waals surface area contributed by atoms with Crippen molar-refractivity contribution in [2.75, 3.05) is 6.54 Å². The normalized spacial score (nSPS) is 12.4. The Morgan fingerprint density at radius 3 is 2.74 bits per heavy atom. The molecule has 0 aliphatic carbocycles. The second kappa shape index (κ2) is 8.60. The van der Waals surface area contributed by atoms with E-state index in [2.05, 4.69) is 15.2 Å². The monoisotopic (exact) mass is 448 g/mol. The Hall–Kier alpha value is -3.05. The molecule has 0 spiro atoms. The maximum atomic E-state index is 13.3. The van der Waals surface area contributed by atoms with Gasteiger partial charge >= 0.3 is 6.55 Å². The highest BCUT2D eigenvalue weighted by Crippen LogP contribution is 2.23. The first-order valence-electron chi connectivity index (χ1n) is 9.78. The lowest BCUT2D eigenvalue weighted by Crippen LogP contribution is -2.32. The number of hydrogen-bond donors (Lipinski definition) is 1. The summed E-state index contributed by atoms with van der Waals surface area (Å²) in [5.74, 6) is 0. The van der Waals surface area contributed by atoms with Crippen LogP contribution in [0.3, 0.4) is 0 Å². The van der Waals surface area contributed by atoms with Gasteiger partial charge in [-0.2, -0.15) is 23.3 Å². The Balaban J connectivity index is 1.62. The first-order valence-corrected chi connectivity index (χ1v) is 11.2. The molecule has 0 radical (unpaired) electrons. The molecule has 1 aromatic carbocycles. The summed E-state index contributed by atoms with van der Waals surface area (Å²) in [6.45, 7) is -0.144. The van der Waals surface area contributed by atoms with E-state index in [4.69, 9.17) is 0 Å². The molecule has 1 N–H and O–H groups in total. The molecule has 0 bridgehead atoms. The Morgan fingerprint density at radius 1 is 1.23 bits per heavy atom. The zero-order valence-corrected chi connectivity index (χ0v) is 17.6. The first-order chi connectivity index (χ1) is 14.9.